The summed E-state index contributed by atoms with van der Waals surface area (Å²) in [5.74, 6) is -1.21. The summed E-state index contributed by atoms with van der Waals surface area (Å²) in [6, 6.07) is 12.5. The molecular weight excluding hydrogens is 474 g/mol. The van der Waals surface area contributed by atoms with E-state index in [1.165, 1.54) is 18.3 Å². The standard InChI is InChI=1S/C19H14BrClF2N2O2S/c20-14-5-4-13(18(23)9-14)11-25(12-16-3-1-2-8-24-16)28(26,27)19-7-6-15(22)10-17(19)21/h1-10H,11-12H2. The maximum absolute atomic E-state index is 14.3. The third-order valence-corrected chi connectivity index (χ3v) is 6.71. The van der Waals surface area contributed by atoms with Crippen molar-refractivity contribution >= 4 is 37.6 Å². The Morgan fingerprint density at radius 3 is 2.46 bits per heavy atom. The van der Waals surface area contributed by atoms with Crippen LogP contribution in [-0.2, 0) is 23.1 Å². The van der Waals surface area contributed by atoms with E-state index in [1.54, 1.807) is 24.3 Å². The maximum atomic E-state index is 14.3. The van der Waals surface area contributed by atoms with E-state index in [1.807, 2.05) is 0 Å². The molecule has 0 fully saturated rings. The van der Waals surface area contributed by atoms with Gasteiger partial charge in [-0.2, -0.15) is 4.31 Å². The van der Waals surface area contributed by atoms with E-state index in [0.717, 1.165) is 22.5 Å². The molecule has 0 unspecified atom stereocenters. The van der Waals surface area contributed by atoms with Crippen molar-refractivity contribution in [2.75, 3.05) is 0 Å². The Kier molecular flexibility index (Phi) is 6.44. The van der Waals surface area contributed by atoms with Gasteiger partial charge < -0.3 is 0 Å². The number of halogens is 4. The lowest BCUT2D eigenvalue weighted by Gasteiger charge is -2.23. The van der Waals surface area contributed by atoms with Crippen molar-refractivity contribution in [1.29, 1.82) is 0 Å². The SMILES string of the molecule is O=S(=O)(c1ccc(F)cc1Cl)N(Cc1ccccn1)Cc1ccc(Br)cc1F. The Morgan fingerprint density at radius 1 is 1.04 bits per heavy atom. The zero-order chi connectivity index (χ0) is 20.3. The second-order valence-electron chi connectivity index (χ2n) is 5.90. The molecule has 3 rings (SSSR count). The maximum Gasteiger partial charge on any atom is 0.245 e. The number of pyridine rings is 1. The Balaban J connectivity index is 2.04. The zero-order valence-corrected chi connectivity index (χ0v) is 17.5. The van der Waals surface area contributed by atoms with E-state index in [-0.39, 0.29) is 28.6 Å². The van der Waals surface area contributed by atoms with Crippen molar-refractivity contribution in [1.82, 2.24) is 9.29 Å². The summed E-state index contributed by atoms with van der Waals surface area (Å²) in [6.07, 6.45) is 1.53. The van der Waals surface area contributed by atoms with Gasteiger partial charge in [0.05, 0.1) is 17.3 Å². The summed E-state index contributed by atoms with van der Waals surface area (Å²) >= 11 is 9.15. The molecule has 0 amide bonds. The summed E-state index contributed by atoms with van der Waals surface area (Å²) < 4.78 is 55.7. The highest BCUT2D eigenvalue weighted by molar-refractivity contribution is 9.10. The van der Waals surface area contributed by atoms with Crippen LogP contribution in [0.1, 0.15) is 11.3 Å². The first kappa shape index (κ1) is 20.9. The van der Waals surface area contributed by atoms with Crippen LogP contribution in [0.2, 0.25) is 5.02 Å². The van der Waals surface area contributed by atoms with Crippen molar-refractivity contribution in [3.63, 3.8) is 0 Å². The number of sulfonamides is 1. The Morgan fingerprint density at radius 2 is 1.82 bits per heavy atom. The van der Waals surface area contributed by atoms with Crippen LogP contribution in [-0.4, -0.2) is 17.7 Å². The molecule has 1 aromatic heterocycles. The third-order valence-electron chi connectivity index (χ3n) is 3.94. The smallest absolute Gasteiger partial charge is 0.245 e. The first-order chi connectivity index (χ1) is 13.3. The molecule has 28 heavy (non-hydrogen) atoms. The minimum Gasteiger partial charge on any atom is -0.260 e. The molecule has 2 aromatic carbocycles. The summed E-state index contributed by atoms with van der Waals surface area (Å²) in [7, 11) is -4.16. The fraction of sp³-hybridized carbons (Fsp3) is 0.105. The van der Waals surface area contributed by atoms with Crippen LogP contribution < -0.4 is 0 Å². The largest absolute Gasteiger partial charge is 0.260 e. The molecule has 1 heterocycles. The van der Waals surface area contributed by atoms with Gasteiger partial charge in [-0.1, -0.05) is 39.7 Å². The first-order valence-electron chi connectivity index (χ1n) is 8.06. The van der Waals surface area contributed by atoms with Crippen LogP contribution in [0, 0.1) is 11.6 Å². The highest BCUT2D eigenvalue weighted by Gasteiger charge is 2.28. The second-order valence-corrected chi connectivity index (χ2v) is 9.13. The number of benzene rings is 2. The van der Waals surface area contributed by atoms with Crippen LogP contribution in [0.15, 0.2) is 70.2 Å². The lowest BCUT2D eigenvalue weighted by molar-refractivity contribution is 0.390. The van der Waals surface area contributed by atoms with Crippen LogP contribution >= 0.6 is 27.5 Å². The van der Waals surface area contributed by atoms with Gasteiger partial charge in [0.25, 0.3) is 0 Å². The number of hydrogen-bond donors (Lipinski definition) is 0. The molecule has 0 bridgehead atoms. The van der Waals surface area contributed by atoms with E-state index in [4.69, 9.17) is 11.6 Å². The lowest BCUT2D eigenvalue weighted by atomic mass is 10.2. The van der Waals surface area contributed by atoms with Crippen molar-refractivity contribution < 1.29 is 17.2 Å². The van der Waals surface area contributed by atoms with Crippen LogP contribution in [0.4, 0.5) is 8.78 Å². The fourth-order valence-electron chi connectivity index (χ4n) is 2.56. The third kappa shape index (κ3) is 4.75. The van der Waals surface area contributed by atoms with E-state index in [2.05, 4.69) is 20.9 Å². The molecule has 9 heteroatoms. The van der Waals surface area contributed by atoms with Gasteiger partial charge in [-0.25, -0.2) is 17.2 Å². The average molecular weight is 488 g/mol. The van der Waals surface area contributed by atoms with Crippen molar-refractivity contribution in [2.24, 2.45) is 0 Å². The minimum atomic E-state index is -4.16. The highest BCUT2D eigenvalue weighted by Crippen LogP contribution is 2.28. The normalized spacial score (nSPS) is 11.8. The number of hydrogen-bond acceptors (Lipinski definition) is 3. The lowest BCUT2D eigenvalue weighted by Crippen LogP contribution is -2.31. The van der Waals surface area contributed by atoms with E-state index < -0.39 is 21.7 Å². The molecule has 0 saturated heterocycles. The molecule has 0 radical (unpaired) electrons. The molecular formula is C19H14BrClF2N2O2S. The first-order valence-corrected chi connectivity index (χ1v) is 10.7. The molecule has 0 saturated carbocycles. The van der Waals surface area contributed by atoms with Gasteiger partial charge in [-0.05, 0) is 42.5 Å². The monoisotopic (exact) mass is 486 g/mol. The topological polar surface area (TPSA) is 50.3 Å². The van der Waals surface area contributed by atoms with E-state index in [9.17, 15) is 17.2 Å². The van der Waals surface area contributed by atoms with Gasteiger partial charge in [-0.3, -0.25) is 4.98 Å². The molecule has 0 aliphatic heterocycles. The molecule has 0 N–H and O–H groups in total. The zero-order valence-electron chi connectivity index (χ0n) is 14.3. The fourth-order valence-corrected chi connectivity index (χ4v) is 4.79. The molecule has 4 nitrogen and oxygen atoms in total. The Hall–Kier alpha value is -1.87. The molecule has 3 aromatic rings. The quantitative estimate of drug-likeness (QED) is 0.482. The Bertz CT molecular complexity index is 1100. The van der Waals surface area contributed by atoms with Crippen molar-refractivity contribution in [2.45, 2.75) is 18.0 Å². The van der Waals surface area contributed by atoms with Gasteiger partial charge in [0.15, 0.2) is 0 Å². The second kappa shape index (κ2) is 8.65. The van der Waals surface area contributed by atoms with E-state index in [0.29, 0.717) is 10.2 Å². The van der Waals surface area contributed by atoms with Gasteiger partial charge in [0.2, 0.25) is 10.0 Å². The summed E-state index contributed by atoms with van der Waals surface area (Å²) in [5.41, 5.74) is 0.655. The van der Waals surface area contributed by atoms with Crippen LogP contribution in [0.3, 0.4) is 0 Å². The summed E-state index contributed by atoms with van der Waals surface area (Å²) in [6.45, 7) is -0.349. The van der Waals surface area contributed by atoms with Crippen LogP contribution in [0.5, 0.6) is 0 Å². The van der Waals surface area contributed by atoms with Crippen LogP contribution in [0.25, 0.3) is 0 Å². The van der Waals surface area contributed by atoms with E-state index >= 15 is 0 Å². The molecule has 0 aliphatic rings. The Labute approximate surface area is 175 Å². The molecule has 146 valence electrons. The average Bonchev–Trinajstić information content (AvgIpc) is 2.63. The number of rotatable bonds is 6. The number of aromatic nitrogens is 1. The van der Waals surface area contributed by atoms with Crippen molar-refractivity contribution in [3.05, 3.63) is 93.2 Å². The summed E-state index contributed by atoms with van der Waals surface area (Å²) in [4.78, 5) is 3.88. The van der Waals surface area contributed by atoms with Crippen molar-refractivity contribution in [3.8, 4) is 0 Å². The molecule has 0 atom stereocenters. The van der Waals surface area contributed by atoms with Gasteiger partial charge in [0, 0.05) is 22.8 Å². The number of nitrogens with zero attached hydrogens (tertiary/aromatic N) is 2. The highest BCUT2D eigenvalue weighted by atomic mass is 79.9. The minimum absolute atomic E-state index is 0.105. The predicted molar refractivity (Wildman–Crippen MR) is 106 cm³/mol. The molecule has 0 aliphatic carbocycles. The van der Waals surface area contributed by atoms with Gasteiger partial charge >= 0.3 is 0 Å². The molecule has 0 spiro atoms. The van der Waals surface area contributed by atoms with Gasteiger partial charge in [0.1, 0.15) is 16.5 Å². The summed E-state index contributed by atoms with van der Waals surface area (Å²) in [5, 5.41) is -0.248. The van der Waals surface area contributed by atoms with Gasteiger partial charge in [-0.15, -0.1) is 0 Å². The predicted octanol–water partition coefficient (Wildman–Crippen LogP) is 5.17.